The number of benzene rings is 1. The van der Waals surface area contributed by atoms with E-state index in [1.165, 1.54) is 24.1 Å². The fraction of sp³-hybridized carbons (Fsp3) is 0.375. The van der Waals surface area contributed by atoms with Crippen LogP contribution in [-0.2, 0) is 4.74 Å². The Labute approximate surface area is 133 Å². The van der Waals surface area contributed by atoms with Crippen molar-refractivity contribution in [2.75, 3.05) is 26.1 Å². The molecule has 0 atom stereocenters. The maximum absolute atomic E-state index is 14.4. The Kier molecular flexibility index (Phi) is 4.68. The third-order valence-corrected chi connectivity index (χ3v) is 3.46. The van der Waals surface area contributed by atoms with Crippen molar-refractivity contribution in [1.82, 2.24) is 9.78 Å². The zero-order chi connectivity index (χ0) is 17.3. The molecule has 0 radical (unpaired) electrons. The number of nitrogens with zero attached hydrogens (tertiary/aromatic N) is 3. The molecule has 0 amide bonds. The fourth-order valence-electron chi connectivity index (χ4n) is 2.46. The van der Waals surface area contributed by atoms with Gasteiger partial charge in [0.15, 0.2) is 5.82 Å². The van der Waals surface area contributed by atoms with Gasteiger partial charge >= 0.3 is 5.97 Å². The molecule has 0 unspecified atom stereocenters. The molecule has 23 heavy (non-hydrogen) atoms. The number of hydrogen-bond donors (Lipinski definition) is 0. The smallest absolute Gasteiger partial charge is 0.341 e. The summed E-state index contributed by atoms with van der Waals surface area (Å²) in [5, 5.41) is 4.14. The Hall–Kier alpha value is -2.44. The van der Waals surface area contributed by atoms with Gasteiger partial charge in [0.25, 0.3) is 0 Å². The van der Waals surface area contributed by atoms with Crippen LogP contribution in [0.3, 0.4) is 0 Å². The molecule has 1 aromatic carbocycles. The predicted octanol–water partition coefficient (Wildman–Crippen LogP) is 3.13. The molecule has 0 N–H and O–H groups in total. The normalized spacial score (nSPS) is 11.0. The van der Waals surface area contributed by atoms with Gasteiger partial charge in [-0.1, -0.05) is 13.8 Å². The monoisotopic (exact) mass is 323 g/mol. The first-order chi connectivity index (χ1) is 10.8. The number of aromatic nitrogens is 2. The first kappa shape index (κ1) is 16.9. The lowest BCUT2D eigenvalue weighted by atomic mass is 10.1. The van der Waals surface area contributed by atoms with E-state index >= 15 is 0 Å². The van der Waals surface area contributed by atoms with Gasteiger partial charge in [0.1, 0.15) is 17.1 Å². The highest BCUT2D eigenvalue weighted by molar-refractivity contribution is 5.90. The quantitative estimate of drug-likeness (QED) is 0.811. The van der Waals surface area contributed by atoms with Crippen molar-refractivity contribution in [3.8, 4) is 5.69 Å². The number of methoxy groups -OCH3 is 1. The molecule has 2 aromatic rings. The molecule has 0 aliphatic carbocycles. The number of esters is 1. The fourth-order valence-corrected chi connectivity index (χ4v) is 2.46. The number of halogens is 2. The molecule has 1 heterocycles. The largest absolute Gasteiger partial charge is 0.465 e. The number of carbonyl (C=O) groups excluding carboxylic acids is 1. The van der Waals surface area contributed by atoms with Gasteiger partial charge in [0.05, 0.1) is 24.7 Å². The second-order valence-corrected chi connectivity index (χ2v) is 5.65. The van der Waals surface area contributed by atoms with E-state index in [2.05, 4.69) is 5.10 Å². The van der Waals surface area contributed by atoms with E-state index in [1.807, 2.05) is 13.8 Å². The van der Waals surface area contributed by atoms with Gasteiger partial charge in [-0.2, -0.15) is 5.10 Å². The van der Waals surface area contributed by atoms with Gasteiger partial charge in [-0.3, -0.25) is 0 Å². The molecule has 5 nitrogen and oxygen atoms in total. The molecule has 0 saturated carbocycles. The lowest BCUT2D eigenvalue weighted by Crippen LogP contribution is -2.17. The van der Waals surface area contributed by atoms with Crippen molar-refractivity contribution >= 4 is 11.7 Å². The maximum Gasteiger partial charge on any atom is 0.341 e. The first-order valence-electron chi connectivity index (χ1n) is 7.10. The number of rotatable bonds is 4. The Morgan fingerprint density at radius 1 is 1.30 bits per heavy atom. The van der Waals surface area contributed by atoms with Gasteiger partial charge in [-0.25, -0.2) is 18.3 Å². The third-order valence-electron chi connectivity index (χ3n) is 3.46. The van der Waals surface area contributed by atoms with Crippen LogP contribution in [0.2, 0.25) is 0 Å². The van der Waals surface area contributed by atoms with Gasteiger partial charge < -0.3 is 9.64 Å². The SMILES string of the molecule is COC(=O)c1cnn(-c2c(F)cc(F)cc2N(C)C)c1C(C)C. The Bertz CT molecular complexity index is 739. The zero-order valence-electron chi connectivity index (χ0n) is 13.7. The summed E-state index contributed by atoms with van der Waals surface area (Å²) in [4.78, 5) is 13.5. The van der Waals surface area contributed by atoms with Gasteiger partial charge in [0.2, 0.25) is 0 Å². The highest BCUT2D eigenvalue weighted by Crippen LogP contribution is 2.31. The van der Waals surface area contributed by atoms with Gasteiger partial charge in [-0.05, 0) is 12.0 Å². The Morgan fingerprint density at radius 2 is 1.96 bits per heavy atom. The predicted molar refractivity (Wildman–Crippen MR) is 83.2 cm³/mol. The van der Waals surface area contributed by atoms with Crippen LogP contribution in [0.1, 0.15) is 35.8 Å². The molecule has 0 saturated heterocycles. The molecule has 0 aliphatic rings. The summed E-state index contributed by atoms with van der Waals surface area (Å²) in [6.45, 7) is 3.72. The first-order valence-corrected chi connectivity index (χ1v) is 7.10. The number of ether oxygens (including phenoxy) is 1. The molecular formula is C16H19F2N3O2. The minimum atomic E-state index is -0.755. The van der Waals surface area contributed by atoms with Crippen molar-refractivity contribution in [3.63, 3.8) is 0 Å². The van der Waals surface area contributed by atoms with Crippen LogP contribution in [0, 0.1) is 11.6 Å². The molecule has 0 aliphatic heterocycles. The van der Waals surface area contributed by atoms with E-state index in [9.17, 15) is 13.6 Å². The second-order valence-electron chi connectivity index (χ2n) is 5.65. The van der Waals surface area contributed by atoms with Crippen molar-refractivity contribution in [2.45, 2.75) is 19.8 Å². The van der Waals surface area contributed by atoms with E-state index in [4.69, 9.17) is 4.74 Å². The Morgan fingerprint density at radius 3 is 2.48 bits per heavy atom. The van der Waals surface area contributed by atoms with E-state index in [1.54, 1.807) is 19.0 Å². The summed E-state index contributed by atoms with van der Waals surface area (Å²) in [6, 6.07) is 2.02. The van der Waals surface area contributed by atoms with Crippen molar-refractivity contribution in [2.24, 2.45) is 0 Å². The molecule has 0 fully saturated rings. The van der Waals surface area contributed by atoms with Crippen LogP contribution in [0.25, 0.3) is 5.69 Å². The summed E-state index contributed by atoms with van der Waals surface area (Å²) in [5.41, 5.74) is 1.18. The number of carbonyl (C=O) groups is 1. The minimum Gasteiger partial charge on any atom is -0.465 e. The van der Waals surface area contributed by atoms with Crippen LogP contribution in [0.4, 0.5) is 14.5 Å². The summed E-state index contributed by atoms with van der Waals surface area (Å²) in [6.07, 6.45) is 1.34. The summed E-state index contributed by atoms with van der Waals surface area (Å²) in [5.74, 6) is -2.10. The molecule has 2 rings (SSSR count). The minimum absolute atomic E-state index is 0.0928. The van der Waals surface area contributed by atoms with Crippen LogP contribution in [0.5, 0.6) is 0 Å². The average Bonchev–Trinajstić information content (AvgIpc) is 2.90. The topological polar surface area (TPSA) is 47.4 Å². The average molecular weight is 323 g/mol. The van der Waals surface area contributed by atoms with Crippen LogP contribution >= 0.6 is 0 Å². The summed E-state index contributed by atoms with van der Waals surface area (Å²) >= 11 is 0. The molecule has 0 bridgehead atoms. The molecular weight excluding hydrogens is 304 g/mol. The molecule has 1 aromatic heterocycles. The van der Waals surface area contributed by atoms with Crippen LogP contribution in [0.15, 0.2) is 18.3 Å². The molecule has 0 spiro atoms. The van der Waals surface area contributed by atoms with Gasteiger partial charge in [-0.15, -0.1) is 0 Å². The lowest BCUT2D eigenvalue weighted by Gasteiger charge is -2.20. The highest BCUT2D eigenvalue weighted by atomic mass is 19.1. The number of anilines is 1. The second kappa shape index (κ2) is 6.36. The van der Waals surface area contributed by atoms with Gasteiger partial charge in [0, 0.05) is 20.2 Å². The Balaban J connectivity index is 2.78. The van der Waals surface area contributed by atoms with Crippen molar-refractivity contribution < 1.29 is 18.3 Å². The molecule has 7 heteroatoms. The van der Waals surface area contributed by atoms with Crippen molar-refractivity contribution in [1.29, 1.82) is 0 Å². The number of hydrogen-bond acceptors (Lipinski definition) is 4. The zero-order valence-corrected chi connectivity index (χ0v) is 13.7. The van der Waals surface area contributed by atoms with E-state index in [0.29, 0.717) is 11.4 Å². The van der Waals surface area contributed by atoms with E-state index in [0.717, 1.165) is 6.07 Å². The summed E-state index contributed by atoms with van der Waals surface area (Å²) in [7, 11) is 4.63. The van der Waals surface area contributed by atoms with E-state index in [-0.39, 0.29) is 17.2 Å². The molecule has 124 valence electrons. The van der Waals surface area contributed by atoms with Crippen LogP contribution in [-0.4, -0.2) is 37.0 Å². The summed E-state index contributed by atoms with van der Waals surface area (Å²) < 4.78 is 34.1. The lowest BCUT2D eigenvalue weighted by molar-refractivity contribution is 0.0599. The maximum atomic E-state index is 14.4. The van der Waals surface area contributed by atoms with E-state index < -0.39 is 17.6 Å². The van der Waals surface area contributed by atoms with Crippen molar-refractivity contribution in [3.05, 3.63) is 41.2 Å². The highest BCUT2D eigenvalue weighted by Gasteiger charge is 2.25. The third kappa shape index (κ3) is 3.04. The van der Waals surface area contributed by atoms with Crippen LogP contribution < -0.4 is 4.90 Å². The standard InChI is InChI=1S/C16H19F2N3O2/c1-9(2)14-11(16(22)23-5)8-19-21(14)15-12(18)6-10(17)7-13(15)20(3)4/h6-9H,1-5H3.